The quantitative estimate of drug-likeness (QED) is 0.599. The lowest BCUT2D eigenvalue weighted by Gasteiger charge is -2.14. The highest BCUT2D eigenvalue weighted by molar-refractivity contribution is 5.58. The molecular formula is C13H15N3. The summed E-state index contributed by atoms with van der Waals surface area (Å²) in [6, 6.07) is 8.40. The molecule has 0 unspecified atom stereocenters. The minimum atomic E-state index is 0.365. The Bertz CT molecular complexity index is 435. The third kappa shape index (κ3) is 2.34. The summed E-state index contributed by atoms with van der Waals surface area (Å²) in [5, 5.41) is 12.1. The Kier molecular flexibility index (Phi) is 3.11. The Balaban J connectivity index is 2.09. The van der Waals surface area contributed by atoms with E-state index in [2.05, 4.69) is 23.5 Å². The van der Waals surface area contributed by atoms with Gasteiger partial charge in [0.25, 0.3) is 0 Å². The summed E-state index contributed by atoms with van der Waals surface area (Å²) in [6.45, 7) is 0. The number of anilines is 2. The van der Waals surface area contributed by atoms with Gasteiger partial charge in [0.15, 0.2) is 0 Å². The van der Waals surface area contributed by atoms with Crippen LogP contribution in [0.3, 0.4) is 0 Å². The van der Waals surface area contributed by atoms with Gasteiger partial charge in [-0.25, -0.2) is 0 Å². The van der Waals surface area contributed by atoms with E-state index in [0.717, 1.165) is 24.1 Å². The van der Waals surface area contributed by atoms with Gasteiger partial charge >= 0.3 is 0 Å². The highest BCUT2D eigenvalue weighted by Crippen LogP contribution is 2.21. The van der Waals surface area contributed by atoms with Crippen molar-refractivity contribution in [2.45, 2.75) is 25.3 Å². The molecule has 3 N–H and O–H groups in total. The van der Waals surface area contributed by atoms with Crippen molar-refractivity contribution >= 4 is 11.4 Å². The molecule has 0 atom stereocenters. The molecule has 0 aliphatic heterocycles. The molecule has 0 fully saturated rings. The summed E-state index contributed by atoms with van der Waals surface area (Å²) in [4.78, 5) is 0. The predicted octanol–water partition coefficient (Wildman–Crippen LogP) is 2.47. The standard InChI is InChI=1S/C13H15N3/c14-8-7-10-9-12(5-6-13(10)15)16-11-3-1-2-4-11/h1-2,5-6,9,11,16H,3-4,7,15H2. The second kappa shape index (κ2) is 4.71. The number of nitrogens with zero attached hydrogens (tertiary/aromatic N) is 1. The number of hydrogen-bond donors (Lipinski definition) is 2. The zero-order valence-electron chi connectivity index (χ0n) is 9.11. The Hall–Kier alpha value is -1.95. The molecule has 0 aromatic heterocycles. The van der Waals surface area contributed by atoms with E-state index in [1.165, 1.54) is 0 Å². The number of nitrogen functional groups attached to an aromatic ring is 1. The van der Waals surface area contributed by atoms with Crippen molar-refractivity contribution in [3.8, 4) is 6.07 Å². The maximum atomic E-state index is 8.68. The highest BCUT2D eigenvalue weighted by Gasteiger charge is 2.10. The van der Waals surface area contributed by atoms with Crippen molar-refractivity contribution in [2.24, 2.45) is 0 Å². The van der Waals surface area contributed by atoms with Gasteiger partial charge in [-0.1, -0.05) is 12.2 Å². The third-order valence-corrected chi connectivity index (χ3v) is 2.79. The van der Waals surface area contributed by atoms with Crippen molar-refractivity contribution in [1.82, 2.24) is 0 Å². The van der Waals surface area contributed by atoms with Gasteiger partial charge in [0, 0.05) is 17.4 Å². The van der Waals surface area contributed by atoms with Crippen molar-refractivity contribution < 1.29 is 0 Å². The molecule has 0 bridgehead atoms. The number of benzene rings is 1. The summed E-state index contributed by atoms with van der Waals surface area (Å²) in [5.74, 6) is 0. The van der Waals surface area contributed by atoms with Crippen LogP contribution in [0.15, 0.2) is 30.4 Å². The van der Waals surface area contributed by atoms with Crippen molar-refractivity contribution in [1.29, 1.82) is 5.26 Å². The Labute approximate surface area is 95.6 Å². The lowest BCUT2D eigenvalue weighted by molar-refractivity contribution is 0.786. The van der Waals surface area contributed by atoms with Gasteiger partial charge in [-0.15, -0.1) is 0 Å². The molecule has 1 aromatic carbocycles. The van der Waals surface area contributed by atoms with Crippen LogP contribution in [-0.2, 0) is 6.42 Å². The zero-order valence-corrected chi connectivity index (χ0v) is 9.11. The molecule has 16 heavy (non-hydrogen) atoms. The molecule has 1 aliphatic carbocycles. The Morgan fingerprint density at radius 2 is 2.12 bits per heavy atom. The highest BCUT2D eigenvalue weighted by atomic mass is 14.9. The number of hydrogen-bond acceptors (Lipinski definition) is 3. The first-order chi connectivity index (χ1) is 7.79. The molecule has 0 amide bonds. The number of nitrogens with one attached hydrogen (secondary N) is 1. The van der Waals surface area contributed by atoms with Gasteiger partial charge in [0.05, 0.1) is 12.5 Å². The summed E-state index contributed by atoms with van der Waals surface area (Å²) in [7, 11) is 0. The molecule has 2 rings (SSSR count). The molecule has 82 valence electrons. The molecule has 1 aromatic rings. The van der Waals surface area contributed by atoms with Gasteiger partial charge in [0.1, 0.15) is 0 Å². The molecule has 0 spiro atoms. The van der Waals surface area contributed by atoms with E-state index in [4.69, 9.17) is 11.0 Å². The van der Waals surface area contributed by atoms with Crippen LogP contribution in [0.2, 0.25) is 0 Å². The van der Waals surface area contributed by atoms with Crippen LogP contribution in [0.1, 0.15) is 18.4 Å². The fraction of sp³-hybridized carbons (Fsp3) is 0.308. The maximum absolute atomic E-state index is 8.68. The molecule has 1 aliphatic rings. The van der Waals surface area contributed by atoms with Crippen molar-refractivity contribution in [3.05, 3.63) is 35.9 Å². The second-order valence-electron chi connectivity index (χ2n) is 4.03. The smallest absolute Gasteiger partial charge is 0.0670 e. The zero-order chi connectivity index (χ0) is 11.4. The molecule has 3 heteroatoms. The fourth-order valence-electron chi connectivity index (χ4n) is 1.90. The first kappa shape index (κ1) is 10.6. The van der Waals surface area contributed by atoms with Gasteiger partial charge in [-0.05, 0) is 36.6 Å². The lowest BCUT2D eigenvalue weighted by atomic mass is 10.1. The number of nitrogens with two attached hydrogens (primary N) is 1. The van der Waals surface area contributed by atoms with E-state index in [-0.39, 0.29) is 0 Å². The second-order valence-corrected chi connectivity index (χ2v) is 4.03. The van der Waals surface area contributed by atoms with Crippen LogP contribution in [-0.4, -0.2) is 6.04 Å². The van der Waals surface area contributed by atoms with Crippen molar-refractivity contribution in [3.63, 3.8) is 0 Å². The minimum Gasteiger partial charge on any atom is -0.398 e. The van der Waals surface area contributed by atoms with Gasteiger partial charge in [0.2, 0.25) is 0 Å². The van der Waals surface area contributed by atoms with E-state index in [1.54, 1.807) is 0 Å². The first-order valence-corrected chi connectivity index (χ1v) is 5.46. The SMILES string of the molecule is N#CCc1cc(NC2CC=CC2)ccc1N. The normalized spacial score (nSPS) is 14.9. The summed E-state index contributed by atoms with van der Waals surface area (Å²) >= 11 is 0. The van der Waals surface area contributed by atoms with Crippen molar-refractivity contribution in [2.75, 3.05) is 11.1 Å². The van der Waals surface area contributed by atoms with Crippen LogP contribution in [0.25, 0.3) is 0 Å². The van der Waals surface area contributed by atoms with Crippen LogP contribution < -0.4 is 11.1 Å². The maximum Gasteiger partial charge on any atom is 0.0670 e. The number of rotatable bonds is 3. The molecular weight excluding hydrogens is 198 g/mol. The Morgan fingerprint density at radius 1 is 1.38 bits per heavy atom. The van der Waals surface area contributed by atoms with Crippen LogP contribution in [0.5, 0.6) is 0 Å². The monoisotopic (exact) mass is 213 g/mol. The van der Waals surface area contributed by atoms with E-state index >= 15 is 0 Å². The van der Waals surface area contributed by atoms with Crippen LogP contribution in [0, 0.1) is 11.3 Å². The molecule has 0 saturated carbocycles. The van der Waals surface area contributed by atoms with E-state index in [9.17, 15) is 0 Å². The molecule has 0 heterocycles. The first-order valence-electron chi connectivity index (χ1n) is 5.46. The van der Waals surface area contributed by atoms with Crippen LogP contribution in [0.4, 0.5) is 11.4 Å². The average molecular weight is 213 g/mol. The van der Waals surface area contributed by atoms with E-state index < -0.39 is 0 Å². The molecule has 3 nitrogen and oxygen atoms in total. The lowest BCUT2D eigenvalue weighted by Crippen LogP contribution is -2.15. The summed E-state index contributed by atoms with van der Waals surface area (Å²) < 4.78 is 0. The summed E-state index contributed by atoms with van der Waals surface area (Å²) in [6.07, 6.45) is 6.87. The largest absolute Gasteiger partial charge is 0.398 e. The van der Waals surface area contributed by atoms with Gasteiger partial charge in [-0.2, -0.15) is 5.26 Å². The third-order valence-electron chi connectivity index (χ3n) is 2.79. The predicted molar refractivity (Wildman–Crippen MR) is 66.0 cm³/mol. The minimum absolute atomic E-state index is 0.365. The molecule has 0 saturated heterocycles. The van der Waals surface area contributed by atoms with E-state index in [1.807, 2.05) is 18.2 Å². The molecule has 0 radical (unpaired) electrons. The topological polar surface area (TPSA) is 61.8 Å². The summed E-state index contributed by atoms with van der Waals surface area (Å²) in [5.41, 5.74) is 8.43. The van der Waals surface area contributed by atoms with E-state index in [0.29, 0.717) is 18.2 Å². The fourth-order valence-corrected chi connectivity index (χ4v) is 1.90. The van der Waals surface area contributed by atoms with Gasteiger partial charge in [-0.3, -0.25) is 0 Å². The average Bonchev–Trinajstić information content (AvgIpc) is 2.76. The van der Waals surface area contributed by atoms with Crippen LogP contribution >= 0.6 is 0 Å². The number of nitriles is 1. The van der Waals surface area contributed by atoms with Gasteiger partial charge < -0.3 is 11.1 Å². The Morgan fingerprint density at radius 3 is 2.81 bits per heavy atom.